The van der Waals surface area contributed by atoms with Gasteiger partial charge in [-0.05, 0) is 17.5 Å². The first kappa shape index (κ1) is 11.0. The minimum Gasteiger partial charge on any atom is -0.396 e. The summed E-state index contributed by atoms with van der Waals surface area (Å²) in [6, 6.07) is 3.84. The Bertz CT molecular complexity index is 740. The van der Waals surface area contributed by atoms with Gasteiger partial charge in [0.1, 0.15) is 0 Å². The smallest absolute Gasteiger partial charge is 0.259 e. The fourth-order valence-electron chi connectivity index (χ4n) is 1.89. The van der Waals surface area contributed by atoms with E-state index in [1.54, 1.807) is 33.0 Å². The Hall–Kier alpha value is -2.08. The number of nitrogen functional groups attached to an aromatic ring is 1. The summed E-state index contributed by atoms with van der Waals surface area (Å²) in [7, 11) is 0. The number of hydrogen-bond donors (Lipinski definition) is 1. The van der Waals surface area contributed by atoms with Crippen molar-refractivity contribution < 1.29 is 0 Å². The molecule has 0 aromatic carbocycles. The number of nitrogens with zero attached hydrogens (tertiary/aromatic N) is 3. The molecule has 92 valence electrons. The Morgan fingerprint density at radius 2 is 2.22 bits per heavy atom. The number of anilines is 1. The molecule has 18 heavy (non-hydrogen) atoms. The first-order chi connectivity index (χ1) is 8.74. The maximum atomic E-state index is 12.1. The van der Waals surface area contributed by atoms with Crippen LogP contribution >= 0.6 is 11.3 Å². The quantitative estimate of drug-likeness (QED) is 0.777. The van der Waals surface area contributed by atoms with Gasteiger partial charge in [-0.2, -0.15) is 5.10 Å². The molecule has 3 heterocycles. The number of aromatic nitrogens is 3. The molecule has 0 atom stereocenters. The lowest BCUT2D eigenvalue weighted by Crippen LogP contribution is -2.21. The van der Waals surface area contributed by atoms with Crippen molar-refractivity contribution in [3.63, 3.8) is 0 Å². The maximum absolute atomic E-state index is 12.1. The molecule has 3 aromatic rings. The van der Waals surface area contributed by atoms with Crippen molar-refractivity contribution in [2.24, 2.45) is 0 Å². The molecule has 0 fully saturated rings. The molecular weight excluding hydrogens is 248 g/mol. The third-order valence-electron chi connectivity index (χ3n) is 2.82. The molecule has 0 saturated carbocycles. The van der Waals surface area contributed by atoms with E-state index in [4.69, 9.17) is 5.73 Å². The van der Waals surface area contributed by atoms with Crippen LogP contribution in [0.25, 0.3) is 10.1 Å². The van der Waals surface area contributed by atoms with Crippen LogP contribution in [0.2, 0.25) is 0 Å². The second-order valence-electron chi connectivity index (χ2n) is 4.05. The van der Waals surface area contributed by atoms with E-state index in [0.29, 0.717) is 18.8 Å². The molecular formula is C12H12N4OS. The molecule has 5 nitrogen and oxygen atoms in total. The van der Waals surface area contributed by atoms with Crippen molar-refractivity contribution in [2.45, 2.75) is 13.1 Å². The van der Waals surface area contributed by atoms with Gasteiger partial charge in [0.2, 0.25) is 0 Å². The molecule has 0 saturated heterocycles. The Labute approximate surface area is 107 Å². The molecule has 6 heteroatoms. The highest BCUT2D eigenvalue weighted by Crippen LogP contribution is 2.16. The summed E-state index contributed by atoms with van der Waals surface area (Å²) in [6.45, 7) is 1.22. The first-order valence-electron chi connectivity index (χ1n) is 5.58. The van der Waals surface area contributed by atoms with E-state index in [9.17, 15) is 4.79 Å². The van der Waals surface area contributed by atoms with Gasteiger partial charge in [0.15, 0.2) is 0 Å². The summed E-state index contributed by atoms with van der Waals surface area (Å²) in [4.78, 5) is 12.1. The zero-order chi connectivity index (χ0) is 12.5. The molecule has 2 N–H and O–H groups in total. The van der Waals surface area contributed by atoms with E-state index >= 15 is 0 Å². The van der Waals surface area contributed by atoms with Gasteiger partial charge in [-0.1, -0.05) is 0 Å². The van der Waals surface area contributed by atoms with Crippen LogP contribution in [-0.4, -0.2) is 14.3 Å². The van der Waals surface area contributed by atoms with Crippen LogP contribution < -0.4 is 11.3 Å². The fraction of sp³-hybridized carbons (Fsp3) is 0.167. The molecule has 0 radical (unpaired) electrons. The maximum Gasteiger partial charge on any atom is 0.259 e. The van der Waals surface area contributed by atoms with Crippen molar-refractivity contribution in [3.8, 4) is 0 Å². The Morgan fingerprint density at radius 3 is 3.00 bits per heavy atom. The van der Waals surface area contributed by atoms with Gasteiger partial charge in [-0.15, -0.1) is 11.3 Å². The lowest BCUT2D eigenvalue weighted by Gasteiger charge is -2.05. The predicted octanol–water partition coefficient (Wildman–Crippen LogP) is 1.54. The molecule has 0 bridgehead atoms. The van der Waals surface area contributed by atoms with Gasteiger partial charge in [0.25, 0.3) is 5.56 Å². The van der Waals surface area contributed by atoms with Crippen LogP contribution in [0.1, 0.15) is 0 Å². The highest BCUT2D eigenvalue weighted by atomic mass is 32.1. The van der Waals surface area contributed by atoms with Gasteiger partial charge in [-0.25, -0.2) is 0 Å². The molecule has 0 aliphatic rings. The van der Waals surface area contributed by atoms with Gasteiger partial charge in [0.05, 0.1) is 23.8 Å². The summed E-state index contributed by atoms with van der Waals surface area (Å²) in [5.74, 6) is 0. The van der Waals surface area contributed by atoms with E-state index in [1.807, 2.05) is 23.7 Å². The molecule has 0 aliphatic heterocycles. The molecule has 0 amide bonds. The average Bonchev–Trinajstić information content (AvgIpc) is 2.97. The number of thiophene rings is 1. The van der Waals surface area contributed by atoms with Crippen LogP contribution in [0.5, 0.6) is 0 Å². The zero-order valence-electron chi connectivity index (χ0n) is 9.61. The third kappa shape index (κ3) is 1.91. The summed E-state index contributed by atoms with van der Waals surface area (Å²) < 4.78 is 4.46. The standard InChI is InChI=1S/C12H12N4OS/c13-9-7-14-16(8-9)5-4-15-3-1-11-10(12(15)17)2-6-18-11/h1-3,6-8H,4-5,13H2. The van der Waals surface area contributed by atoms with Crippen LogP contribution in [-0.2, 0) is 13.1 Å². The molecule has 0 aliphatic carbocycles. The van der Waals surface area contributed by atoms with Crippen LogP contribution in [0.3, 0.4) is 0 Å². The molecule has 0 unspecified atom stereocenters. The van der Waals surface area contributed by atoms with E-state index < -0.39 is 0 Å². The van der Waals surface area contributed by atoms with Crippen molar-refractivity contribution >= 4 is 27.1 Å². The van der Waals surface area contributed by atoms with Crippen molar-refractivity contribution in [1.29, 1.82) is 0 Å². The Kier molecular flexibility index (Phi) is 2.64. The van der Waals surface area contributed by atoms with Crippen LogP contribution in [0, 0.1) is 0 Å². The number of nitrogens with two attached hydrogens (primary N) is 1. The number of hydrogen-bond acceptors (Lipinski definition) is 4. The number of fused-ring (bicyclic) bond motifs is 1. The number of aryl methyl sites for hydroxylation is 2. The summed E-state index contributed by atoms with van der Waals surface area (Å²) >= 11 is 1.58. The zero-order valence-corrected chi connectivity index (χ0v) is 10.4. The monoisotopic (exact) mass is 260 g/mol. The number of pyridine rings is 1. The lowest BCUT2D eigenvalue weighted by atomic mass is 10.3. The van der Waals surface area contributed by atoms with Crippen molar-refractivity contribution in [3.05, 3.63) is 46.5 Å². The van der Waals surface area contributed by atoms with E-state index in [0.717, 1.165) is 10.1 Å². The second-order valence-corrected chi connectivity index (χ2v) is 5.00. The first-order valence-corrected chi connectivity index (χ1v) is 6.46. The predicted molar refractivity (Wildman–Crippen MR) is 72.7 cm³/mol. The van der Waals surface area contributed by atoms with Crippen LogP contribution in [0.15, 0.2) is 40.9 Å². The molecule has 3 aromatic heterocycles. The summed E-state index contributed by atoms with van der Waals surface area (Å²) in [6.07, 6.45) is 5.19. The minimum atomic E-state index is 0.0499. The highest BCUT2D eigenvalue weighted by Gasteiger charge is 2.03. The molecule has 0 spiro atoms. The Morgan fingerprint density at radius 1 is 1.33 bits per heavy atom. The average molecular weight is 260 g/mol. The van der Waals surface area contributed by atoms with Crippen molar-refractivity contribution in [2.75, 3.05) is 5.73 Å². The minimum absolute atomic E-state index is 0.0499. The van der Waals surface area contributed by atoms with E-state index in [-0.39, 0.29) is 5.56 Å². The van der Waals surface area contributed by atoms with E-state index in [1.165, 1.54) is 0 Å². The van der Waals surface area contributed by atoms with Gasteiger partial charge < -0.3 is 10.3 Å². The fourth-order valence-corrected chi connectivity index (χ4v) is 2.67. The third-order valence-corrected chi connectivity index (χ3v) is 3.70. The van der Waals surface area contributed by atoms with Gasteiger partial charge in [-0.3, -0.25) is 9.48 Å². The van der Waals surface area contributed by atoms with Crippen LogP contribution in [0.4, 0.5) is 5.69 Å². The lowest BCUT2D eigenvalue weighted by molar-refractivity contribution is 0.526. The van der Waals surface area contributed by atoms with Gasteiger partial charge in [0, 0.05) is 23.6 Å². The largest absolute Gasteiger partial charge is 0.396 e. The topological polar surface area (TPSA) is 65.8 Å². The summed E-state index contributed by atoms with van der Waals surface area (Å²) in [5.41, 5.74) is 6.27. The SMILES string of the molecule is Nc1cnn(CCn2ccc3sccc3c2=O)c1. The molecule has 3 rings (SSSR count). The summed E-state index contributed by atoms with van der Waals surface area (Å²) in [5, 5.41) is 6.81. The number of rotatable bonds is 3. The van der Waals surface area contributed by atoms with Gasteiger partial charge >= 0.3 is 0 Å². The van der Waals surface area contributed by atoms with E-state index in [2.05, 4.69) is 5.10 Å². The highest BCUT2D eigenvalue weighted by molar-refractivity contribution is 7.17. The normalized spacial score (nSPS) is 11.1. The Balaban J connectivity index is 1.86. The second kappa shape index (κ2) is 4.30. The van der Waals surface area contributed by atoms with Crippen molar-refractivity contribution in [1.82, 2.24) is 14.3 Å².